The molecule has 2 aromatic carbocycles. The summed E-state index contributed by atoms with van der Waals surface area (Å²) in [6.45, 7) is 6.94. The number of carbonyl (C=O) groups is 1. The molecule has 0 saturated heterocycles. The molecule has 1 heterocycles. The first-order valence-electron chi connectivity index (χ1n) is 8.30. The maximum absolute atomic E-state index is 11.6. The van der Waals surface area contributed by atoms with Gasteiger partial charge in [0.15, 0.2) is 0 Å². The Bertz CT molecular complexity index is 873. The zero-order chi connectivity index (χ0) is 18.0. The van der Waals surface area contributed by atoms with Crippen LogP contribution in [0.15, 0.2) is 60.7 Å². The van der Waals surface area contributed by atoms with E-state index in [-0.39, 0.29) is 11.1 Å². The average Bonchev–Trinajstić information content (AvgIpc) is 2.99. The minimum Gasteiger partial charge on any atom is -0.477 e. The zero-order valence-electron chi connectivity index (χ0n) is 14.7. The van der Waals surface area contributed by atoms with Crippen LogP contribution in [0.2, 0.25) is 0 Å². The van der Waals surface area contributed by atoms with Gasteiger partial charge >= 0.3 is 5.97 Å². The van der Waals surface area contributed by atoms with Crippen molar-refractivity contribution in [2.24, 2.45) is 0 Å². The molecule has 1 N–H and O–H groups in total. The minimum absolute atomic E-state index is 0.0942. The molecule has 0 atom stereocenters. The lowest BCUT2D eigenvalue weighted by atomic mass is 9.87. The van der Waals surface area contributed by atoms with Gasteiger partial charge in [-0.05, 0) is 22.6 Å². The Morgan fingerprint density at radius 2 is 1.68 bits per heavy atom. The van der Waals surface area contributed by atoms with Crippen molar-refractivity contribution in [3.8, 4) is 11.3 Å². The predicted octanol–water partition coefficient (Wildman–Crippen LogP) is 4.59. The summed E-state index contributed by atoms with van der Waals surface area (Å²) < 4.78 is 1.55. The van der Waals surface area contributed by atoms with Gasteiger partial charge in [0.1, 0.15) is 5.69 Å². The normalized spacial score (nSPS) is 11.5. The van der Waals surface area contributed by atoms with Gasteiger partial charge in [-0.15, -0.1) is 0 Å². The first kappa shape index (κ1) is 17.0. The van der Waals surface area contributed by atoms with Crippen molar-refractivity contribution in [3.05, 3.63) is 77.5 Å². The lowest BCUT2D eigenvalue weighted by molar-refractivity contribution is 0.0684. The molecule has 0 spiro atoms. The van der Waals surface area contributed by atoms with E-state index >= 15 is 0 Å². The van der Waals surface area contributed by atoms with Gasteiger partial charge in [-0.1, -0.05) is 75.4 Å². The molecule has 0 bridgehead atoms. The Balaban J connectivity index is 1.91. The molecule has 0 aliphatic rings. The highest BCUT2D eigenvalue weighted by Gasteiger charge is 2.16. The predicted molar refractivity (Wildman–Crippen MR) is 98.9 cm³/mol. The molecule has 0 radical (unpaired) electrons. The Morgan fingerprint density at radius 1 is 1.04 bits per heavy atom. The van der Waals surface area contributed by atoms with Crippen LogP contribution in [-0.2, 0) is 12.0 Å². The second-order valence-electron chi connectivity index (χ2n) is 7.19. The summed E-state index contributed by atoms with van der Waals surface area (Å²) in [5, 5.41) is 14.0. The lowest BCUT2D eigenvalue weighted by Crippen LogP contribution is -2.12. The highest BCUT2D eigenvalue weighted by atomic mass is 16.4. The number of nitrogens with zero attached hydrogens (tertiary/aromatic N) is 2. The van der Waals surface area contributed by atoms with Gasteiger partial charge < -0.3 is 5.11 Å². The number of aromatic carboxylic acids is 1. The summed E-state index contributed by atoms with van der Waals surface area (Å²) in [6, 6.07) is 19.5. The maximum Gasteiger partial charge on any atom is 0.354 e. The number of aromatic nitrogens is 2. The van der Waals surface area contributed by atoms with E-state index in [1.807, 2.05) is 42.5 Å². The van der Waals surface area contributed by atoms with Gasteiger partial charge in [-0.25, -0.2) is 4.79 Å². The largest absolute Gasteiger partial charge is 0.477 e. The average molecular weight is 334 g/mol. The van der Waals surface area contributed by atoms with Crippen LogP contribution in [0.5, 0.6) is 0 Å². The lowest BCUT2D eigenvalue weighted by Gasteiger charge is -2.19. The molecule has 1 aromatic heterocycles. The topological polar surface area (TPSA) is 55.1 Å². The van der Waals surface area contributed by atoms with Crippen molar-refractivity contribution in [1.82, 2.24) is 9.78 Å². The Labute approximate surface area is 147 Å². The van der Waals surface area contributed by atoms with E-state index in [1.54, 1.807) is 10.7 Å². The third-order valence-electron chi connectivity index (χ3n) is 4.22. The maximum atomic E-state index is 11.6. The van der Waals surface area contributed by atoms with E-state index in [0.717, 1.165) is 11.1 Å². The van der Waals surface area contributed by atoms with Crippen LogP contribution in [0.4, 0.5) is 0 Å². The van der Waals surface area contributed by atoms with Crippen LogP contribution in [0.1, 0.15) is 42.4 Å². The van der Waals surface area contributed by atoms with E-state index in [9.17, 15) is 9.90 Å². The Morgan fingerprint density at radius 3 is 2.24 bits per heavy atom. The van der Waals surface area contributed by atoms with Crippen molar-refractivity contribution in [2.45, 2.75) is 32.7 Å². The monoisotopic (exact) mass is 334 g/mol. The molecule has 128 valence electrons. The number of carboxylic acids is 1. The van der Waals surface area contributed by atoms with E-state index in [1.165, 1.54) is 5.56 Å². The molecule has 4 nitrogen and oxygen atoms in total. The number of hydrogen-bond donors (Lipinski definition) is 1. The molecule has 25 heavy (non-hydrogen) atoms. The molecular weight excluding hydrogens is 312 g/mol. The summed E-state index contributed by atoms with van der Waals surface area (Å²) in [5.74, 6) is -0.971. The molecule has 3 aromatic rings. The molecule has 0 amide bonds. The first-order chi connectivity index (χ1) is 11.8. The summed E-state index contributed by atoms with van der Waals surface area (Å²) in [4.78, 5) is 11.6. The van der Waals surface area contributed by atoms with Crippen LogP contribution in [0.3, 0.4) is 0 Å². The second kappa shape index (κ2) is 6.55. The van der Waals surface area contributed by atoms with Gasteiger partial charge in [0.2, 0.25) is 0 Å². The summed E-state index contributed by atoms with van der Waals surface area (Å²) >= 11 is 0. The van der Waals surface area contributed by atoms with Crippen LogP contribution < -0.4 is 0 Å². The second-order valence-corrected chi connectivity index (χ2v) is 7.19. The molecule has 3 rings (SSSR count). The Kier molecular flexibility index (Phi) is 4.45. The van der Waals surface area contributed by atoms with Crippen molar-refractivity contribution >= 4 is 5.97 Å². The molecule has 0 aliphatic heterocycles. The van der Waals surface area contributed by atoms with Gasteiger partial charge in [-0.2, -0.15) is 5.10 Å². The van der Waals surface area contributed by atoms with Gasteiger partial charge in [0.05, 0.1) is 12.2 Å². The molecule has 4 heteroatoms. The first-order valence-corrected chi connectivity index (χ1v) is 8.30. The number of rotatable bonds is 4. The molecule has 0 fully saturated rings. The smallest absolute Gasteiger partial charge is 0.354 e. The van der Waals surface area contributed by atoms with Gasteiger partial charge in [0.25, 0.3) is 0 Å². The van der Waals surface area contributed by atoms with E-state index in [2.05, 4.69) is 38.0 Å². The van der Waals surface area contributed by atoms with E-state index < -0.39 is 5.97 Å². The quantitative estimate of drug-likeness (QED) is 0.759. The fourth-order valence-electron chi connectivity index (χ4n) is 2.74. The van der Waals surface area contributed by atoms with Crippen molar-refractivity contribution in [1.29, 1.82) is 0 Å². The number of hydrogen-bond acceptors (Lipinski definition) is 2. The van der Waals surface area contributed by atoms with Crippen LogP contribution in [-0.4, -0.2) is 20.9 Å². The molecule has 0 saturated carbocycles. The molecule has 0 unspecified atom stereocenters. The van der Waals surface area contributed by atoms with Crippen LogP contribution in [0, 0.1) is 0 Å². The summed E-state index contributed by atoms with van der Waals surface area (Å²) in [5.41, 5.74) is 4.14. The van der Waals surface area contributed by atoms with E-state index in [4.69, 9.17) is 0 Å². The SMILES string of the molecule is CC(C)(C)c1ccc(Cn2nc(-c3ccccc3)cc2C(=O)O)cc1. The van der Waals surface area contributed by atoms with Crippen LogP contribution >= 0.6 is 0 Å². The fourth-order valence-corrected chi connectivity index (χ4v) is 2.74. The van der Waals surface area contributed by atoms with Crippen molar-refractivity contribution in [3.63, 3.8) is 0 Å². The highest BCUT2D eigenvalue weighted by molar-refractivity contribution is 5.87. The standard InChI is InChI=1S/C21H22N2O2/c1-21(2,3)17-11-9-15(10-12-17)14-23-19(20(24)25)13-18(22-23)16-7-5-4-6-8-16/h4-13H,14H2,1-3H3,(H,24,25). The van der Waals surface area contributed by atoms with Crippen LogP contribution in [0.25, 0.3) is 11.3 Å². The number of benzene rings is 2. The highest BCUT2D eigenvalue weighted by Crippen LogP contribution is 2.23. The third kappa shape index (κ3) is 3.79. The van der Waals surface area contributed by atoms with Crippen molar-refractivity contribution in [2.75, 3.05) is 0 Å². The van der Waals surface area contributed by atoms with E-state index in [0.29, 0.717) is 12.2 Å². The Hall–Kier alpha value is -2.88. The summed E-state index contributed by atoms with van der Waals surface area (Å²) in [7, 11) is 0. The molecule has 0 aliphatic carbocycles. The van der Waals surface area contributed by atoms with Gasteiger partial charge in [-0.3, -0.25) is 4.68 Å². The molecular formula is C21H22N2O2. The van der Waals surface area contributed by atoms with Crippen molar-refractivity contribution < 1.29 is 9.90 Å². The summed E-state index contributed by atoms with van der Waals surface area (Å²) in [6.07, 6.45) is 0. The number of carboxylic acid groups (broad SMARTS) is 1. The zero-order valence-corrected chi connectivity index (χ0v) is 14.7. The van der Waals surface area contributed by atoms with Gasteiger partial charge in [0, 0.05) is 5.56 Å². The third-order valence-corrected chi connectivity index (χ3v) is 4.22. The fraction of sp³-hybridized carbons (Fsp3) is 0.238. The minimum atomic E-state index is -0.971.